The van der Waals surface area contributed by atoms with Gasteiger partial charge in [0, 0.05) is 23.2 Å². The molecule has 1 saturated carbocycles. The van der Waals surface area contributed by atoms with Gasteiger partial charge in [-0.25, -0.2) is 4.79 Å². The molecule has 2 atom stereocenters. The van der Waals surface area contributed by atoms with Gasteiger partial charge in [0.05, 0.1) is 12.7 Å². The van der Waals surface area contributed by atoms with Crippen molar-refractivity contribution in [3.05, 3.63) is 36.0 Å². The van der Waals surface area contributed by atoms with Gasteiger partial charge in [0.2, 0.25) is 0 Å². The maximum Gasteiger partial charge on any atom is 0.336 e. The summed E-state index contributed by atoms with van der Waals surface area (Å²) in [6.07, 6.45) is 3.73. The van der Waals surface area contributed by atoms with Crippen LogP contribution < -0.4 is 10.1 Å². The monoisotopic (exact) mass is 301 g/mol. The summed E-state index contributed by atoms with van der Waals surface area (Å²) in [6, 6.07) is 7.62. The number of hydrogen-bond donors (Lipinski definition) is 1. The number of carbonyl (C=O) groups is 1. The maximum absolute atomic E-state index is 12.3. The van der Waals surface area contributed by atoms with E-state index in [1.807, 2.05) is 30.5 Å². The predicted molar refractivity (Wildman–Crippen MR) is 85.7 cm³/mol. The summed E-state index contributed by atoms with van der Waals surface area (Å²) in [5.74, 6) is 0.859. The highest BCUT2D eigenvalue weighted by Gasteiger charge is 2.60. The van der Waals surface area contributed by atoms with E-state index in [4.69, 9.17) is 9.47 Å². The van der Waals surface area contributed by atoms with Crippen LogP contribution in [0.1, 0.15) is 33.6 Å². The summed E-state index contributed by atoms with van der Waals surface area (Å²) >= 11 is 0. The molecule has 3 rings (SSSR count). The normalized spacial score (nSPS) is 31.0. The van der Waals surface area contributed by atoms with Crippen LogP contribution in [0.4, 0.5) is 5.69 Å². The van der Waals surface area contributed by atoms with Crippen molar-refractivity contribution in [2.24, 2.45) is 11.3 Å². The number of esters is 1. The van der Waals surface area contributed by atoms with Crippen LogP contribution in [0.3, 0.4) is 0 Å². The molecule has 1 saturated heterocycles. The van der Waals surface area contributed by atoms with Crippen molar-refractivity contribution < 1.29 is 14.3 Å². The van der Waals surface area contributed by atoms with Gasteiger partial charge in [0.15, 0.2) is 0 Å². The molecule has 2 bridgehead atoms. The van der Waals surface area contributed by atoms with E-state index in [9.17, 15) is 4.79 Å². The van der Waals surface area contributed by atoms with Crippen LogP contribution in [0, 0.1) is 11.3 Å². The van der Waals surface area contributed by atoms with E-state index < -0.39 is 0 Å². The van der Waals surface area contributed by atoms with Crippen molar-refractivity contribution in [2.45, 2.75) is 39.2 Å². The highest BCUT2D eigenvalue weighted by Crippen LogP contribution is 2.58. The fourth-order valence-electron chi connectivity index (χ4n) is 3.61. The second-order valence-corrected chi connectivity index (χ2v) is 6.91. The summed E-state index contributed by atoms with van der Waals surface area (Å²) in [5, 5.41) is 3.21. The molecule has 1 aliphatic heterocycles. The Kier molecular flexibility index (Phi) is 3.42. The van der Waals surface area contributed by atoms with Crippen LogP contribution >= 0.6 is 0 Å². The minimum Gasteiger partial charge on any atom is -0.497 e. The molecule has 1 aliphatic carbocycles. The lowest BCUT2D eigenvalue weighted by molar-refractivity contribution is -0.172. The average molecular weight is 301 g/mol. The van der Waals surface area contributed by atoms with Gasteiger partial charge in [-0.2, -0.15) is 0 Å². The molecular formula is C18H23NO3. The number of benzene rings is 1. The highest BCUT2D eigenvalue weighted by atomic mass is 16.6. The third-order valence-electron chi connectivity index (χ3n) is 5.56. The van der Waals surface area contributed by atoms with Crippen molar-refractivity contribution in [2.75, 3.05) is 12.4 Å². The Morgan fingerprint density at radius 1 is 1.27 bits per heavy atom. The Morgan fingerprint density at radius 3 is 2.59 bits per heavy atom. The second kappa shape index (κ2) is 5.04. The summed E-state index contributed by atoms with van der Waals surface area (Å²) in [5.41, 5.74) is 1.29. The van der Waals surface area contributed by atoms with E-state index in [1.165, 1.54) is 0 Å². The van der Waals surface area contributed by atoms with Gasteiger partial charge >= 0.3 is 5.97 Å². The van der Waals surface area contributed by atoms with Gasteiger partial charge in [0.1, 0.15) is 11.4 Å². The number of nitrogens with one attached hydrogen (secondary N) is 1. The Hall–Kier alpha value is -1.97. The van der Waals surface area contributed by atoms with E-state index in [1.54, 1.807) is 7.11 Å². The van der Waals surface area contributed by atoms with Gasteiger partial charge in [-0.1, -0.05) is 13.8 Å². The van der Waals surface area contributed by atoms with Gasteiger partial charge < -0.3 is 14.8 Å². The number of anilines is 1. The predicted octanol–water partition coefficient (Wildman–Crippen LogP) is 3.74. The Bertz CT molecular complexity index is 618. The van der Waals surface area contributed by atoms with E-state index >= 15 is 0 Å². The van der Waals surface area contributed by atoms with E-state index in [2.05, 4.69) is 26.1 Å². The molecule has 0 unspecified atom stereocenters. The second-order valence-electron chi connectivity index (χ2n) is 6.91. The lowest BCUT2D eigenvalue weighted by Gasteiger charge is -2.45. The summed E-state index contributed by atoms with van der Waals surface area (Å²) in [7, 11) is 1.64. The molecule has 0 spiro atoms. The number of carbonyl (C=O) groups excluding carboxylic acids is 1. The van der Waals surface area contributed by atoms with Crippen LogP contribution in [0.25, 0.3) is 0 Å². The third-order valence-corrected chi connectivity index (χ3v) is 5.56. The first-order chi connectivity index (χ1) is 10.4. The zero-order valence-corrected chi connectivity index (χ0v) is 13.6. The van der Waals surface area contributed by atoms with Crippen molar-refractivity contribution in [1.29, 1.82) is 0 Å². The first-order valence-electron chi connectivity index (χ1n) is 7.71. The Morgan fingerprint density at radius 2 is 1.95 bits per heavy atom. The molecule has 0 amide bonds. The first-order valence-corrected chi connectivity index (χ1v) is 7.71. The molecular weight excluding hydrogens is 278 g/mol. The zero-order valence-electron chi connectivity index (χ0n) is 13.6. The van der Waals surface area contributed by atoms with Gasteiger partial charge in [-0.3, -0.25) is 0 Å². The van der Waals surface area contributed by atoms with Crippen molar-refractivity contribution in [3.63, 3.8) is 0 Å². The van der Waals surface area contributed by atoms with E-state index in [0.29, 0.717) is 0 Å². The minimum atomic E-state index is -0.341. The average Bonchev–Trinajstić information content (AvgIpc) is 2.63. The molecule has 1 aromatic rings. The van der Waals surface area contributed by atoms with Gasteiger partial charge in [-0.15, -0.1) is 0 Å². The van der Waals surface area contributed by atoms with Crippen molar-refractivity contribution in [1.82, 2.24) is 0 Å². The van der Waals surface area contributed by atoms with Crippen LogP contribution in [0.15, 0.2) is 36.0 Å². The van der Waals surface area contributed by atoms with Crippen molar-refractivity contribution in [3.8, 4) is 5.75 Å². The molecule has 0 aromatic heterocycles. The number of rotatable bonds is 3. The third kappa shape index (κ3) is 2.18. The van der Waals surface area contributed by atoms with Crippen molar-refractivity contribution >= 4 is 11.7 Å². The molecule has 22 heavy (non-hydrogen) atoms. The molecule has 1 heterocycles. The largest absolute Gasteiger partial charge is 0.497 e. The number of methoxy groups -OCH3 is 1. The SMILES string of the molecule is COc1ccc(N/C=C2/C(=O)O[C@]3(C)CC[C@H]2C3(C)C)cc1. The van der Waals surface area contributed by atoms with Gasteiger partial charge in [-0.05, 0) is 44.0 Å². The molecule has 2 aliphatic rings. The fraction of sp³-hybridized carbons (Fsp3) is 0.500. The maximum atomic E-state index is 12.3. The number of hydrogen-bond acceptors (Lipinski definition) is 4. The number of fused-ring (bicyclic) bond motifs is 2. The number of ether oxygens (including phenoxy) is 2. The lowest BCUT2D eigenvalue weighted by Crippen LogP contribution is -2.49. The molecule has 4 nitrogen and oxygen atoms in total. The molecule has 118 valence electrons. The minimum absolute atomic E-state index is 0.0334. The fourth-order valence-corrected chi connectivity index (χ4v) is 3.61. The summed E-state index contributed by atoms with van der Waals surface area (Å²) in [4.78, 5) is 12.3. The summed E-state index contributed by atoms with van der Waals surface area (Å²) < 4.78 is 10.9. The van der Waals surface area contributed by atoms with E-state index in [0.717, 1.165) is 29.9 Å². The van der Waals surface area contributed by atoms with Gasteiger partial charge in [0.25, 0.3) is 0 Å². The van der Waals surface area contributed by atoms with E-state index in [-0.39, 0.29) is 22.9 Å². The molecule has 1 N–H and O–H groups in total. The standard InChI is InChI=1S/C18H23NO3/c1-17(2)15-9-10-18(17,3)22-16(20)14(15)11-19-12-5-7-13(21-4)8-6-12/h5-8,11,15,19H,9-10H2,1-4H3/b14-11+/t15-,18-/m1/s1. The Balaban J connectivity index is 1.82. The highest BCUT2D eigenvalue weighted by molar-refractivity contribution is 5.91. The quantitative estimate of drug-likeness (QED) is 0.682. The summed E-state index contributed by atoms with van der Waals surface area (Å²) in [6.45, 7) is 6.44. The molecule has 2 fully saturated rings. The smallest absolute Gasteiger partial charge is 0.336 e. The zero-order chi connectivity index (χ0) is 16.0. The van der Waals surface area contributed by atoms with Crippen LogP contribution in [-0.2, 0) is 9.53 Å². The molecule has 1 aromatic carbocycles. The van der Waals surface area contributed by atoms with Crippen LogP contribution in [0.2, 0.25) is 0 Å². The lowest BCUT2D eigenvalue weighted by atomic mass is 9.69. The van der Waals surface area contributed by atoms with Crippen LogP contribution in [-0.4, -0.2) is 18.7 Å². The Labute approximate surface area is 131 Å². The van der Waals surface area contributed by atoms with Crippen LogP contribution in [0.5, 0.6) is 5.75 Å². The molecule has 4 heteroatoms. The topological polar surface area (TPSA) is 47.6 Å². The first kappa shape index (κ1) is 14.9. The molecule has 0 radical (unpaired) electrons.